The molecule has 1 aromatic heterocycles. The van der Waals surface area contributed by atoms with Crippen LogP contribution in [0, 0.1) is 6.92 Å². The molecule has 4 rings (SSSR count). The maximum Gasteiger partial charge on any atom is 0.352 e. The molecule has 0 saturated carbocycles. The van der Waals surface area contributed by atoms with Crippen LogP contribution in [0.3, 0.4) is 0 Å². The maximum atomic E-state index is 12.8. The van der Waals surface area contributed by atoms with Crippen molar-refractivity contribution < 1.29 is 14.7 Å². The van der Waals surface area contributed by atoms with Gasteiger partial charge in [-0.05, 0) is 30.7 Å². The number of rotatable bonds is 5. The molecule has 0 fully saturated rings. The third kappa shape index (κ3) is 4.00. The lowest BCUT2D eigenvalue weighted by molar-refractivity contribution is -0.132. The Hall–Kier alpha value is -4.13. The van der Waals surface area contributed by atoms with Crippen LogP contribution in [0.1, 0.15) is 27.5 Å². The average molecular weight is 400 g/mol. The SMILES string of the molecule is Cc1ccc(NC(=O)c2cnn3c2NC(C(=O)O)=CC3C=Cc2ccccc2)cc1. The smallest absolute Gasteiger partial charge is 0.352 e. The van der Waals surface area contributed by atoms with Crippen molar-refractivity contribution in [2.45, 2.75) is 13.0 Å². The van der Waals surface area contributed by atoms with Gasteiger partial charge >= 0.3 is 5.97 Å². The summed E-state index contributed by atoms with van der Waals surface area (Å²) >= 11 is 0. The Balaban J connectivity index is 1.64. The molecule has 1 amide bonds. The van der Waals surface area contributed by atoms with Crippen LogP contribution in [0.4, 0.5) is 11.5 Å². The number of aliphatic carboxylic acids is 1. The number of fused-ring (bicyclic) bond motifs is 1. The molecule has 30 heavy (non-hydrogen) atoms. The minimum Gasteiger partial charge on any atom is -0.477 e. The summed E-state index contributed by atoms with van der Waals surface area (Å²) in [5.41, 5.74) is 2.97. The van der Waals surface area contributed by atoms with Gasteiger partial charge in [0.25, 0.3) is 5.91 Å². The topological polar surface area (TPSA) is 96.3 Å². The Morgan fingerprint density at radius 3 is 2.57 bits per heavy atom. The second-order valence-corrected chi connectivity index (χ2v) is 6.94. The predicted octanol–water partition coefficient (Wildman–Crippen LogP) is 4.09. The van der Waals surface area contributed by atoms with Crippen molar-refractivity contribution in [3.05, 3.63) is 95.3 Å². The third-order valence-electron chi connectivity index (χ3n) is 4.74. The van der Waals surface area contributed by atoms with Crippen LogP contribution in [-0.2, 0) is 4.79 Å². The molecular formula is C23H20N4O3. The number of carboxylic acid groups (broad SMARTS) is 1. The normalized spacial score (nSPS) is 15.2. The van der Waals surface area contributed by atoms with Crippen LogP contribution in [-0.4, -0.2) is 26.8 Å². The molecule has 150 valence electrons. The van der Waals surface area contributed by atoms with E-state index in [-0.39, 0.29) is 17.2 Å². The Kier molecular flexibility index (Phi) is 5.17. The molecule has 3 aromatic rings. The van der Waals surface area contributed by atoms with Crippen LogP contribution in [0.15, 0.2) is 78.6 Å². The monoisotopic (exact) mass is 400 g/mol. The fraction of sp³-hybridized carbons (Fsp3) is 0.0870. The van der Waals surface area contributed by atoms with Gasteiger partial charge in [-0.1, -0.05) is 60.2 Å². The number of carbonyl (C=O) groups is 2. The first-order valence-electron chi connectivity index (χ1n) is 9.42. The molecule has 0 spiro atoms. The van der Waals surface area contributed by atoms with E-state index >= 15 is 0 Å². The molecule has 1 atom stereocenters. The molecule has 7 heteroatoms. The standard InChI is InChI=1S/C23H20N4O3/c1-15-7-10-17(11-8-15)25-22(28)19-14-24-27-18(12-9-16-5-3-2-4-6-16)13-20(23(29)30)26-21(19)27/h2-14,18,26H,1H3,(H,25,28)(H,29,30). The summed E-state index contributed by atoms with van der Waals surface area (Å²) in [7, 11) is 0. The van der Waals surface area contributed by atoms with E-state index in [0.717, 1.165) is 11.1 Å². The Morgan fingerprint density at radius 2 is 1.87 bits per heavy atom. The van der Waals surface area contributed by atoms with Crippen LogP contribution >= 0.6 is 0 Å². The number of allylic oxidation sites excluding steroid dienone is 2. The first-order valence-corrected chi connectivity index (χ1v) is 9.42. The van der Waals surface area contributed by atoms with Gasteiger partial charge in [0.05, 0.1) is 12.2 Å². The quantitative estimate of drug-likeness (QED) is 0.599. The van der Waals surface area contributed by atoms with Gasteiger partial charge in [0, 0.05) is 5.69 Å². The zero-order chi connectivity index (χ0) is 21.1. The van der Waals surface area contributed by atoms with Crippen molar-refractivity contribution in [1.82, 2.24) is 9.78 Å². The molecule has 3 N–H and O–H groups in total. The number of aryl methyl sites for hydroxylation is 1. The molecule has 1 aliphatic heterocycles. The molecule has 0 radical (unpaired) electrons. The number of aromatic nitrogens is 2. The highest BCUT2D eigenvalue weighted by molar-refractivity contribution is 6.08. The number of benzene rings is 2. The summed E-state index contributed by atoms with van der Waals surface area (Å²) < 4.78 is 1.59. The van der Waals surface area contributed by atoms with Gasteiger partial charge in [0.1, 0.15) is 17.1 Å². The second kappa shape index (κ2) is 8.08. The maximum absolute atomic E-state index is 12.8. The molecule has 0 saturated heterocycles. The number of anilines is 2. The van der Waals surface area contributed by atoms with Crippen LogP contribution in [0.2, 0.25) is 0 Å². The van der Waals surface area contributed by atoms with E-state index in [1.54, 1.807) is 10.8 Å². The van der Waals surface area contributed by atoms with Gasteiger partial charge in [0.2, 0.25) is 0 Å². The molecule has 1 unspecified atom stereocenters. The number of carboxylic acids is 1. The zero-order valence-corrected chi connectivity index (χ0v) is 16.2. The van der Waals surface area contributed by atoms with E-state index in [2.05, 4.69) is 15.7 Å². The van der Waals surface area contributed by atoms with Gasteiger partial charge in [-0.2, -0.15) is 5.10 Å². The lowest BCUT2D eigenvalue weighted by atomic mass is 10.1. The van der Waals surface area contributed by atoms with Gasteiger partial charge in [0.15, 0.2) is 0 Å². The number of amides is 1. The summed E-state index contributed by atoms with van der Waals surface area (Å²) in [6.45, 7) is 1.96. The molecule has 0 aliphatic carbocycles. The summed E-state index contributed by atoms with van der Waals surface area (Å²) in [6.07, 6.45) is 6.73. The Morgan fingerprint density at radius 1 is 1.13 bits per heavy atom. The molecular weight excluding hydrogens is 380 g/mol. The van der Waals surface area contributed by atoms with Crippen LogP contribution in [0.5, 0.6) is 0 Å². The fourth-order valence-electron chi connectivity index (χ4n) is 3.16. The lowest BCUT2D eigenvalue weighted by Gasteiger charge is -2.22. The summed E-state index contributed by atoms with van der Waals surface area (Å²) in [5.74, 6) is -1.14. The highest BCUT2D eigenvalue weighted by Gasteiger charge is 2.27. The van der Waals surface area contributed by atoms with Gasteiger partial charge < -0.3 is 15.7 Å². The van der Waals surface area contributed by atoms with Crippen LogP contribution in [0.25, 0.3) is 6.08 Å². The Bertz CT molecular complexity index is 1140. The average Bonchev–Trinajstić information content (AvgIpc) is 3.18. The van der Waals surface area contributed by atoms with E-state index in [1.807, 2.05) is 73.7 Å². The van der Waals surface area contributed by atoms with E-state index in [0.29, 0.717) is 11.5 Å². The van der Waals surface area contributed by atoms with Crippen molar-refractivity contribution in [3.8, 4) is 0 Å². The van der Waals surface area contributed by atoms with Crippen molar-refractivity contribution >= 4 is 29.5 Å². The predicted molar refractivity (Wildman–Crippen MR) is 115 cm³/mol. The minimum absolute atomic E-state index is 0.00454. The minimum atomic E-state index is -1.11. The highest BCUT2D eigenvalue weighted by atomic mass is 16.4. The fourth-order valence-corrected chi connectivity index (χ4v) is 3.16. The number of nitrogens with zero attached hydrogens (tertiary/aromatic N) is 2. The first-order chi connectivity index (χ1) is 14.5. The van der Waals surface area contributed by atoms with Crippen molar-refractivity contribution in [2.75, 3.05) is 10.6 Å². The van der Waals surface area contributed by atoms with Crippen molar-refractivity contribution in [1.29, 1.82) is 0 Å². The van der Waals surface area contributed by atoms with Gasteiger partial charge in [-0.25, -0.2) is 9.48 Å². The van der Waals surface area contributed by atoms with E-state index < -0.39 is 12.0 Å². The van der Waals surface area contributed by atoms with E-state index in [4.69, 9.17) is 0 Å². The summed E-state index contributed by atoms with van der Waals surface area (Å²) in [4.78, 5) is 24.4. The Labute approximate surface area is 173 Å². The zero-order valence-electron chi connectivity index (χ0n) is 16.2. The summed E-state index contributed by atoms with van der Waals surface area (Å²) in [6, 6.07) is 16.6. The van der Waals surface area contributed by atoms with Gasteiger partial charge in [-0.15, -0.1) is 0 Å². The highest BCUT2D eigenvalue weighted by Crippen LogP contribution is 2.29. The van der Waals surface area contributed by atoms with E-state index in [1.165, 1.54) is 6.20 Å². The van der Waals surface area contributed by atoms with Crippen molar-refractivity contribution in [3.63, 3.8) is 0 Å². The van der Waals surface area contributed by atoms with Gasteiger partial charge in [-0.3, -0.25) is 4.79 Å². The summed E-state index contributed by atoms with van der Waals surface area (Å²) in [5, 5.41) is 19.5. The van der Waals surface area contributed by atoms with E-state index in [9.17, 15) is 14.7 Å². The largest absolute Gasteiger partial charge is 0.477 e. The first kappa shape index (κ1) is 19.2. The molecule has 0 bridgehead atoms. The molecule has 7 nitrogen and oxygen atoms in total. The molecule has 2 aromatic carbocycles. The molecule has 2 heterocycles. The lowest BCUT2D eigenvalue weighted by Crippen LogP contribution is -2.24. The van der Waals surface area contributed by atoms with Crippen LogP contribution < -0.4 is 10.6 Å². The number of carbonyl (C=O) groups excluding carboxylic acids is 1. The number of nitrogens with one attached hydrogen (secondary N) is 2. The molecule has 1 aliphatic rings. The number of hydrogen-bond acceptors (Lipinski definition) is 4. The number of hydrogen-bond donors (Lipinski definition) is 3. The third-order valence-corrected chi connectivity index (χ3v) is 4.74. The van der Waals surface area contributed by atoms with Crippen molar-refractivity contribution in [2.24, 2.45) is 0 Å². The second-order valence-electron chi connectivity index (χ2n) is 6.94.